The Hall–Kier alpha value is -2.28. The van der Waals surface area contributed by atoms with Crippen molar-refractivity contribution in [3.05, 3.63) is 47.7 Å². The van der Waals surface area contributed by atoms with Crippen LogP contribution in [0.5, 0.6) is 0 Å². The Labute approximate surface area is 136 Å². The minimum absolute atomic E-state index is 0.0420. The maximum atomic E-state index is 14.4. The highest BCUT2D eigenvalue weighted by atomic mass is 19.3. The van der Waals surface area contributed by atoms with E-state index in [1.54, 1.807) is 0 Å². The maximum Gasteiger partial charge on any atom is 0.352 e. The average molecular weight is 333 g/mol. The van der Waals surface area contributed by atoms with Crippen LogP contribution in [0.2, 0.25) is 0 Å². The molecular weight excluding hydrogens is 316 g/mol. The van der Waals surface area contributed by atoms with Gasteiger partial charge in [-0.2, -0.15) is 13.8 Å². The molecule has 5 nitrogen and oxygen atoms in total. The summed E-state index contributed by atoms with van der Waals surface area (Å²) in [6, 6.07) is 7.79. The molecule has 0 bridgehead atoms. The number of aromatic nitrogens is 3. The predicted octanol–water partition coefficient (Wildman–Crippen LogP) is 3.16. The first-order chi connectivity index (χ1) is 11.4. The molecule has 0 saturated heterocycles. The Morgan fingerprint density at radius 2 is 2.12 bits per heavy atom. The zero-order valence-corrected chi connectivity index (χ0v) is 13.2. The first-order valence-corrected chi connectivity index (χ1v) is 7.87. The van der Waals surface area contributed by atoms with Gasteiger partial charge in [-0.25, -0.2) is 0 Å². The van der Waals surface area contributed by atoms with E-state index in [9.17, 15) is 13.9 Å². The first kappa shape index (κ1) is 15.3. The second kappa shape index (κ2) is 5.11. The lowest BCUT2D eigenvalue weighted by molar-refractivity contribution is -0.235. The van der Waals surface area contributed by atoms with E-state index in [-0.39, 0.29) is 25.1 Å². The quantitative estimate of drug-likeness (QED) is 0.796. The van der Waals surface area contributed by atoms with Gasteiger partial charge in [0.1, 0.15) is 5.60 Å². The van der Waals surface area contributed by atoms with Gasteiger partial charge >= 0.3 is 5.92 Å². The summed E-state index contributed by atoms with van der Waals surface area (Å²) in [5.41, 5.74) is -0.124. The van der Waals surface area contributed by atoms with Crippen molar-refractivity contribution in [1.82, 2.24) is 14.7 Å². The minimum atomic E-state index is -3.52. The molecule has 24 heavy (non-hydrogen) atoms. The van der Waals surface area contributed by atoms with Crippen LogP contribution in [-0.2, 0) is 19.4 Å². The zero-order chi connectivity index (χ0) is 16.9. The number of aliphatic hydroxyl groups is 1. The number of halogens is 2. The molecule has 1 N–H and O–H groups in total. The highest BCUT2D eigenvalue weighted by molar-refractivity contribution is 5.83. The van der Waals surface area contributed by atoms with Gasteiger partial charge in [0.15, 0.2) is 5.82 Å². The summed E-state index contributed by atoms with van der Waals surface area (Å²) in [6.45, 7) is 0. The van der Waals surface area contributed by atoms with Gasteiger partial charge in [-0.1, -0.05) is 23.4 Å². The standard InChI is InChI=1S/C17H17F2N3O2/c1-22-9-6-11-4-2-5-12(14(11)22)10-13-20-15(24-21-13)17(18,19)16(23)7-3-8-16/h2,4-6,9,23H,3,7-8,10H2,1H3. The lowest BCUT2D eigenvalue weighted by Crippen LogP contribution is -2.51. The Bertz CT molecular complexity index is 896. The summed E-state index contributed by atoms with van der Waals surface area (Å²) < 4.78 is 35.4. The summed E-state index contributed by atoms with van der Waals surface area (Å²) >= 11 is 0. The van der Waals surface area contributed by atoms with Crippen molar-refractivity contribution in [2.45, 2.75) is 37.2 Å². The molecule has 2 aromatic heterocycles. The smallest absolute Gasteiger partial charge is 0.352 e. The molecule has 1 saturated carbocycles. The van der Waals surface area contributed by atoms with Crippen molar-refractivity contribution in [1.29, 1.82) is 0 Å². The van der Waals surface area contributed by atoms with Crippen LogP contribution < -0.4 is 0 Å². The normalized spacial score (nSPS) is 17.2. The van der Waals surface area contributed by atoms with Crippen LogP contribution >= 0.6 is 0 Å². The van der Waals surface area contributed by atoms with E-state index in [1.807, 2.05) is 42.1 Å². The lowest BCUT2D eigenvalue weighted by atomic mass is 9.75. The zero-order valence-electron chi connectivity index (χ0n) is 13.2. The Kier molecular flexibility index (Phi) is 3.25. The molecule has 2 heterocycles. The van der Waals surface area contributed by atoms with Crippen molar-refractivity contribution in [3.63, 3.8) is 0 Å². The fourth-order valence-corrected chi connectivity index (χ4v) is 3.23. The number of hydrogen-bond donors (Lipinski definition) is 1. The monoisotopic (exact) mass is 333 g/mol. The molecule has 0 radical (unpaired) electrons. The van der Waals surface area contributed by atoms with E-state index >= 15 is 0 Å². The summed E-state index contributed by atoms with van der Waals surface area (Å²) in [5, 5.41) is 14.7. The van der Waals surface area contributed by atoms with E-state index in [4.69, 9.17) is 4.52 Å². The fourth-order valence-electron chi connectivity index (χ4n) is 3.23. The number of hydrogen-bond acceptors (Lipinski definition) is 4. The molecule has 1 aromatic carbocycles. The van der Waals surface area contributed by atoms with Gasteiger partial charge in [0.2, 0.25) is 0 Å². The molecule has 0 aliphatic heterocycles. The predicted molar refractivity (Wildman–Crippen MR) is 82.7 cm³/mol. The SMILES string of the molecule is Cn1ccc2cccc(Cc3noc(C(F)(F)C4(O)CCC4)n3)c21. The topological polar surface area (TPSA) is 64.1 Å². The molecule has 1 aliphatic rings. The van der Waals surface area contributed by atoms with Crippen LogP contribution in [0.4, 0.5) is 8.78 Å². The van der Waals surface area contributed by atoms with Crippen molar-refractivity contribution < 1.29 is 18.4 Å². The third-order valence-corrected chi connectivity index (χ3v) is 4.83. The molecule has 0 spiro atoms. The Morgan fingerprint density at radius 1 is 1.33 bits per heavy atom. The Balaban J connectivity index is 1.65. The van der Waals surface area contributed by atoms with Crippen LogP contribution in [0.3, 0.4) is 0 Å². The molecule has 3 aromatic rings. The van der Waals surface area contributed by atoms with Gasteiger partial charge in [0, 0.05) is 19.7 Å². The van der Waals surface area contributed by atoms with Crippen molar-refractivity contribution in [3.8, 4) is 0 Å². The summed E-state index contributed by atoms with van der Waals surface area (Å²) in [6.07, 6.45) is 2.88. The second-order valence-electron chi connectivity index (χ2n) is 6.43. The number of alkyl halides is 2. The first-order valence-electron chi connectivity index (χ1n) is 7.87. The molecule has 126 valence electrons. The van der Waals surface area contributed by atoms with Crippen LogP contribution in [0.25, 0.3) is 10.9 Å². The molecular formula is C17H17F2N3O2. The van der Waals surface area contributed by atoms with Crippen molar-refractivity contribution >= 4 is 10.9 Å². The highest BCUT2D eigenvalue weighted by Crippen LogP contribution is 2.49. The fraction of sp³-hybridized carbons (Fsp3) is 0.412. The number of rotatable bonds is 4. The van der Waals surface area contributed by atoms with E-state index < -0.39 is 17.4 Å². The van der Waals surface area contributed by atoms with Crippen LogP contribution in [-0.4, -0.2) is 25.4 Å². The summed E-state index contributed by atoms with van der Waals surface area (Å²) in [4.78, 5) is 3.85. The molecule has 0 atom stereocenters. The maximum absolute atomic E-state index is 14.4. The molecule has 1 aliphatic carbocycles. The van der Waals surface area contributed by atoms with Gasteiger partial charge < -0.3 is 14.2 Å². The minimum Gasteiger partial charge on any atom is -0.383 e. The lowest BCUT2D eigenvalue weighted by Gasteiger charge is -2.40. The highest BCUT2D eigenvalue weighted by Gasteiger charge is 2.60. The number of aryl methyl sites for hydroxylation is 1. The van der Waals surface area contributed by atoms with E-state index in [1.165, 1.54) is 0 Å². The van der Waals surface area contributed by atoms with Crippen LogP contribution in [0.15, 0.2) is 35.0 Å². The van der Waals surface area contributed by atoms with Crippen LogP contribution in [0, 0.1) is 0 Å². The van der Waals surface area contributed by atoms with Gasteiger partial charge in [-0.05, 0) is 36.3 Å². The number of nitrogens with zero attached hydrogens (tertiary/aromatic N) is 3. The molecule has 4 rings (SSSR count). The third-order valence-electron chi connectivity index (χ3n) is 4.83. The van der Waals surface area contributed by atoms with Gasteiger partial charge in [-0.3, -0.25) is 0 Å². The summed E-state index contributed by atoms with van der Waals surface area (Å²) in [7, 11) is 1.92. The Morgan fingerprint density at radius 3 is 2.83 bits per heavy atom. The molecule has 0 unspecified atom stereocenters. The third kappa shape index (κ3) is 2.15. The molecule has 1 fully saturated rings. The van der Waals surface area contributed by atoms with Gasteiger partial charge in [-0.15, -0.1) is 0 Å². The van der Waals surface area contributed by atoms with Gasteiger partial charge in [0.05, 0.1) is 5.52 Å². The van der Waals surface area contributed by atoms with Crippen molar-refractivity contribution in [2.24, 2.45) is 7.05 Å². The largest absolute Gasteiger partial charge is 0.383 e. The van der Waals surface area contributed by atoms with Crippen LogP contribution in [0.1, 0.15) is 36.5 Å². The number of fused-ring (bicyclic) bond motifs is 1. The summed E-state index contributed by atoms with van der Waals surface area (Å²) in [5.74, 6) is -4.15. The average Bonchev–Trinajstić information content (AvgIpc) is 3.13. The molecule has 7 heteroatoms. The van der Waals surface area contributed by atoms with Crippen molar-refractivity contribution in [2.75, 3.05) is 0 Å². The van der Waals surface area contributed by atoms with Gasteiger partial charge in [0.25, 0.3) is 5.89 Å². The van der Waals surface area contributed by atoms with E-state index in [0.717, 1.165) is 16.5 Å². The van der Waals surface area contributed by atoms with E-state index in [2.05, 4.69) is 10.1 Å². The van der Waals surface area contributed by atoms with E-state index in [0.29, 0.717) is 6.42 Å². The number of para-hydroxylation sites is 1. The second-order valence-corrected chi connectivity index (χ2v) is 6.43. The number of benzene rings is 1. The molecule has 0 amide bonds.